The van der Waals surface area contributed by atoms with E-state index in [9.17, 15) is 21.6 Å². The second kappa shape index (κ2) is 9.90. The summed E-state index contributed by atoms with van der Waals surface area (Å²) < 4.78 is 61.9. The van der Waals surface area contributed by atoms with Gasteiger partial charge < -0.3 is 9.47 Å². The summed E-state index contributed by atoms with van der Waals surface area (Å²) in [6, 6.07) is 12.6. The van der Waals surface area contributed by atoms with Gasteiger partial charge in [0.1, 0.15) is 6.61 Å². The number of hydrogen-bond acceptors (Lipinski definition) is 7. The van der Waals surface area contributed by atoms with Crippen molar-refractivity contribution in [1.82, 2.24) is 4.31 Å². The Kier molecular flexibility index (Phi) is 7.47. The van der Waals surface area contributed by atoms with Crippen LogP contribution in [-0.2, 0) is 40.7 Å². The van der Waals surface area contributed by atoms with Gasteiger partial charge in [-0.05, 0) is 36.8 Å². The lowest BCUT2D eigenvalue weighted by Crippen LogP contribution is -2.40. The van der Waals surface area contributed by atoms with Crippen LogP contribution >= 0.6 is 0 Å². The first kappa shape index (κ1) is 23.4. The molecule has 31 heavy (non-hydrogen) atoms. The van der Waals surface area contributed by atoms with E-state index in [0.29, 0.717) is 18.8 Å². The summed E-state index contributed by atoms with van der Waals surface area (Å²) in [5.41, 5.74) is 1.44. The van der Waals surface area contributed by atoms with Crippen LogP contribution in [0.15, 0.2) is 58.3 Å². The fourth-order valence-corrected chi connectivity index (χ4v) is 5.75. The molecule has 0 spiro atoms. The van der Waals surface area contributed by atoms with Crippen LogP contribution in [-0.4, -0.2) is 59.2 Å². The number of sulfone groups is 1. The lowest BCUT2D eigenvalue weighted by molar-refractivity contribution is -0.144. The van der Waals surface area contributed by atoms with Crippen molar-refractivity contribution >= 4 is 25.8 Å². The van der Waals surface area contributed by atoms with E-state index < -0.39 is 25.8 Å². The van der Waals surface area contributed by atoms with Gasteiger partial charge in [-0.25, -0.2) is 16.8 Å². The average Bonchev–Trinajstić information content (AvgIpc) is 2.77. The number of carbonyl (C=O) groups excluding carboxylic acids is 1. The molecule has 1 aliphatic rings. The molecule has 0 bridgehead atoms. The van der Waals surface area contributed by atoms with Gasteiger partial charge in [0.25, 0.3) is 0 Å². The van der Waals surface area contributed by atoms with E-state index in [2.05, 4.69) is 0 Å². The Morgan fingerprint density at radius 1 is 1.00 bits per heavy atom. The van der Waals surface area contributed by atoms with Crippen LogP contribution in [0.4, 0.5) is 0 Å². The lowest BCUT2D eigenvalue weighted by atomic mass is 10.2. The Labute approximate surface area is 182 Å². The van der Waals surface area contributed by atoms with Crippen LogP contribution < -0.4 is 0 Å². The molecule has 2 aromatic carbocycles. The maximum absolute atomic E-state index is 12.7. The molecule has 1 aliphatic heterocycles. The van der Waals surface area contributed by atoms with Crippen molar-refractivity contribution in [3.05, 3.63) is 59.7 Å². The lowest BCUT2D eigenvalue weighted by Gasteiger charge is -2.26. The molecular weight excluding hydrogens is 442 g/mol. The minimum Gasteiger partial charge on any atom is -0.461 e. The predicted molar refractivity (Wildman–Crippen MR) is 114 cm³/mol. The van der Waals surface area contributed by atoms with Crippen LogP contribution in [0.25, 0.3) is 0 Å². The van der Waals surface area contributed by atoms with Gasteiger partial charge >= 0.3 is 5.97 Å². The third-order valence-corrected chi connectivity index (χ3v) is 8.49. The first-order valence-electron chi connectivity index (χ1n) is 9.80. The van der Waals surface area contributed by atoms with Crippen molar-refractivity contribution in [1.29, 1.82) is 0 Å². The van der Waals surface area contributed by atoms with Crippen LogP contribution in [0.3, 0.4) is 0 Å². The molecule has 168 valence electrons. The smallest absolute Gasteiger partial charge is 0.307 e. The Hall–Kier alpha value is -2.27. The van der Waals surface area contributed by atoms with Crippen molar-refractivity contribution < 1.29 is 31.1 Å². The molecule has 1 heterocycles. The zero-order chi connectivity index (χ0) is 22.5. The maximum atomic E-state index is 12.7. The normalized spacial score (nSPS) is 15.5. The average molecular weight is 468 g/mol. The van der Waals surface area contributed by atoms with E-state index in [4.69, 9.17) is 9.47 Å². The molecule has 0 N–H and O–H groups in total. The van der Waals surface area contributed by atoms with Gasteiger partial charge in [0.05, 0.1) is 35.2 Å². The summed E-state index contributed by atoms with van der Waals surface area (Å²) >= 11 is 0. The molecule has 0 saturated carbocycles. The number of aryl methyl sites for hydroxylation is 1. The highest BCUT2D eigenvalue weighted by Gasteiger charge is 2.26. The Bertz CT molecular complexity index is 1120. The largest absolute Gasteiger partial charge is 0.461 e. The van der Waals surface area contributed by atoms with Gasteiger partial charge in [-0.1, -0.05) is 29.8 Å². The van der Waals surface area contributed by atoms with Gasteiger partial charge in [-0.2, -0.15) is 4.31 Å². The van der Waals surface area contributed by atoms with E-state index >= 15 is 0 Å². The Morgan fingerprint density at radius 2 is 1.68 bits per heavy atom. The summed E-state index contributed by atoms with van der Waals surface area (Å²) in [5, 5.41) is 0. The molecule has 10 heteroatoms. The van der Waals surface area contributed by atoms with E-state index in [1.807, 2.05) is 6.92 Å². The monoisotopic (exact) mass is 467 g/mol. The number of hydrogen-bond donors (Lipinski definition) is 0. The summed E-state index contributed by atoms with van der Waals surface area (Å²) in [5.74, 6) is -1.03. The van der Waals surface area contributed by atoms with Gasteiger partial charge in [-0.3, -0.25) is 4.79 Å². The molecular formula is C21H25NO7S2. The van der Waals surface area contributed by atoms with Crippen LogP contribution in [0, 0.1) is 6.92 Å². The topological polar surface area (TPSA) is 107 Å². The molecule has 0 atom stereocenters. The summed E-state index contributed by atoms with van der Waals surface area (Å²) in [6.45, 7) is 2.99. The third-order valence-electron chi connectivity index (χ3n) is 4.86. The first-order chi connectivity index (χ1) is 14.7. The van der Waals surface area contributed by atoms with Gasteiger partial charge in [0.2, 0.25) is 10.0 Å². The number of rotatable bonds is 8. The van der Waals surface area contributed by atoms with E-state index in [-0.39, 0.29) is 41.7 Å². The highest BCUT2D eigenvalue weighted by molar-refractivity contribution is 7.91. The van der Waals surface area contributed by atoms with E-state index in [1.54, 1.807) is 24.3 Å². The van der Waals surface area contributed by atoms with Crippen molar-refractivity contribution in [3.63, 3.8) is 0 Å². The molecule has 1 saturated heterocycles. The highest BCUT2D eigenvalue weighted by atomic mass is 32.2. The molecule has 0 unspecified atom stereocenters. The first-order valence-corrected chi connectivity index (χ1v) is 12.9. The summed E-state index contributed by atoms with van der Waals surface area (Å²) in [4.78, 5) is 12.3. The van der Waals surface area contributed by atoms with Gasteiger partial charge in [0, 0.05) is 13.1 Å². The fraction of sp³-hybridized carbons (Fsp3) is 0.381. The van der Waals surface area contributed by atoms with Crippen molar-refractivity contribution in [2.75, 3.05) is 32.1 Å². The second-order valence-electron chi connectivity index (χ2n) is 7.21. The highest BCUT2D eigenvalue weighted by Crippen LogP contribution is 2.19. The molecule has 0 amide bonds. The molecule has 2 aromatic rings. The molecule has 1 fully saturated rings. The molecule has 8 nitrogen and oxygen atoms in total. The van der Waals surface area contributed by atoms with Crippen LogP contribution in [0.1, 0.15) is 17.5 Å². The number of benzene rings is 2. The number of ether oxygens (including phenoxy) is 2. The Morgan fingerprint density at radius 3 is 2.35 bits per heavy atom. The molecule has 3 rings (SSSR count). The van der Waals surface area contributed by atoms with Crippen molar-refractivity contribution in [2.24, 2.45) is 0 Å². The van der Waals surface area contributed by atoms with Crippen LogP contribution in [0.5, 0.6) is 0 Å². The van der Waals surface area contributed by atoms with Gasteiger partial charge in [0.15, 0.2) is 9.84 Å². The van der Waals surface area contributed by atoms with Crippen LogP contribution in [0.2, 0.25) is 0 Å². The number of esters is 1. The second-order valence-corrected chi connectivity index (χ2v) is 11.3. The summed E-state index contributed by atoms with van der Waals surface area (Å²) in [7, 11) is -7.24. The fourth-order valence-electron chi connectivity index (χ4n) is 3.05. The quantitative estimate of drug-likeness (QED) is 0.546. The molecule has 0 radical (unpaired) electrons. The predicted octanol–water partition coefficient (Wildman–Crippen LogP) is 1.92. The number of sulfonamides is 1. The SMILES string of the molecule is Cc1ccc(S(=O)(=O)CCC(=O)OCc2cccc(S(=O)(=O)N3CCOCC3)c2)cc1. The van der Waals surface area contributed by atoms with E-state index in [0.717, 1.165) is 5.56 Å². The minimum absolute atomic E-state index is 0.116. The zero-order valence-corrected chi connectivity index (χ0v) is 18.8. The minimum atomic E-state index is -3.65. The van der Waals surface area contributed by atoms with Crippen molar-refractivity contribution in [3.8, 4) is 0 Å². The van der Waals surface area contributed by atoms with Gasteiger partial charge in [-0.15, -0.1) is 0 Å². The standard InChI is InChI=1S/C21H25NO7S2/c1-17-5-7-19(8-6-17)30(24,25)14-9-21(23)29-16-18-3-2-4-20(15-18)31(26,27)22-10-12-28-13-11-22/h2-8,15H,9-14,16H2,1H3. The maximum Gasteiger partial charge on any atom is 0.307 e. The van der Waals surface area contributed by atoms with Crippen molar-refractivity contribution in [2.45, 2.75) is 29.7 Å². The number of carbonyl (C=O) groups is 1. The summed E-state index contributed by atoms with van der Waals surface area (Å²) in [6.07, 6.45) is -0.290. The Balaban J connectivity index is 1.57. The molecule has 0 aromatic heterocycles. The number of morpholine rings is 1. The third kappa shape index (κ3) is 6.13. The zero-order valence-electron chi connectivity index (χ0n) is 17.2. The molecule has 0 aliphatic carbocycles. The number of nitrogens with zero attached hydrogens (tertiary/aromatic N) is 1. The van der Waals surface area contributed by atoms with E-state index in [1.165, 1.54) is 28.6 Å².